The zero-order valence-electron chi connectivity index (χ0n) is 11.5. The highest BCUT2D eigenvalue weighted by atomic mass is 32.2. The van der Waals surface area contributed by atoms with Crippen LogP contribution in [0.2, 0.25) is 0 Å². The predicted octanol–water partition coefficient (Wildman–Crippen LogP) is 4.20. The lowest BCUT2D eigenvalue weighted by Crippen LogP contribution is -2.12. The second-order valence-corrected chi connectivity index (χ2v) is 7.47. The van der Waals surface area contributed by atoms with Crippen LogP contribution in [0.15, 0.2) is 48.8 Å². The molecule has 108 valence electrons. The van der Waals surface area contributed by atoms with E-state index in [1.54, 1.807) is 24.5 Å². The molecule has 0 bridgehead atoms. The molecule has 3 rings (SSSR count). The number of carbonyl (C=O) groups is 1. The summed E-state index contributed by atoms with van der Waals surface area (Å²) in [6.45, 7) is 0. The number of hydrogen-bond acceptors (Lipinski definition) is 4. The van der Waals surface area contributed by atoms with Gasteiger partial charge in [0.1, 0.15) is 0 Å². The highest BCUT2D eigenvalue weighted by Gasteiger charge is 2.17. The summed E-state index contributed by atoms with van der Waals surface area (Å²) < 4.78 is 0.481. The zero-order valence-corrected chi connectivity index (χ0v) is 13.1. The first-order valence-electron chi connectivity index (χ1n) is 6.87. The van der Waals surface area contributed by atoms with Gasteiger partial charge in [0, 0.05) is 18.1 Å². The number of carbonyl (C=O) groups excluding carboxylic acids is 1. The molecule has 0 atom stereocenters. The Morgan fingerprint density at radius 1 is 1.19 bits per heavy atom. The second kappa shape index (κ2) is 7.00. The molecule has 1 amide bonds. The van der Waals surface area contributed by atoms with Crippen molar-refractivity contribution in [3.05, 3.63) is 59.9 Å². The van der Waals surface area contributed by atoms with E-state index in [9.17, 15) is 4.79 Å². The molecule has 2 heterocycles. The fourth-order valence-electron chi connectivity index (χ4n) is 2.14. The monoisotopic (exact) mass is 316 g/mol. The van der Waals surface area contributed by atoms with Crippen molar-refractivity contribution >= 4 is 35.1 Å². The van der Waals surface area contributed by atoms with Crippen LogP contribution in [0.25, 0.3) is 0 Å². The Balaban J connectivity index is 1.72. The van der Waals surface area contributed by atoms with Crippen molar-refractivity contribution in [2.75, 3.05) is 16.8 Å². The van der Waals surface area contributed by atoms with Crippen LogP contribution in [-0.4, -0.2) is 22.4 Å². The van der Waals surface area contributed by atoms with Gasteiger partial charge in [-0.05, 0) is 47.8 Å². The molecule has 5 heteroatoms. The second-order valence-electron chi connectivity index (χ2n) is 4.75. The number of nitrogens with zero attached hydrogens (tertiary/aromatic N) is 1. The Bertz CT molecular complexity index is 613. The summed E-state index contributed by atoms with van der Waals surface area (Å²) in [7, 11) is 0. The SMILES string of the molecule is O=C(Nc1cccc(C2SCCCS2)c1)c1cccnc1. The number of hydrogen-bond donors (Lipinski definition) is 1. The van der Waals surface area contributed by atoms with E-state index in [4.69, 9.17) is 0 Å². The quantitative estimate of drug-likeness (QED) is 0.921. The lowest BCUT2D eigenvalue weighted by atomic mass is 10.2. The molecule has 1 aliphatic rings. The highest BCUT2D eigenvalue weighted by molar-refractivity contribution is 8.16. The van der Waals surface area contributed by atoms with Crippen molar-refractivity contribution in [1.29, 1.82) is 0 Å². The van der Waals surface area contributed by atoms with E-state index in [-0.39, 0.29) is 5.91 Å². The lowest BCUT2D eigenvalue weighted by Gasteiger charge is -2.21. The number of amides is 1. The maximum absolute atomic E-state index is 12.1. The molecule has 1 saturated heterocycles. The first-order chi connectivity index (χ1) is 10.3. The van der Waals surface area contributed by atoms with E-state index in [1.807, 2.05) is 35.7 Å². The topological polar surface area (TPSA) is 42.0 Å². The van der Waals surface area contributed by atoms with Gasteiger partial charge in [-0.2, -0.15) is 0 Å². The van der Waals surface area contributed by atoms with E-state index in [1.165, 1.54) is 23.5 Å². The van der Waals surface area contributed by atoms with E-state index < -0.39 is 0 Å². The van der Waals surface area contributed by atoms with E-state index >= 15 is 0 Å². The third-order valence-corrected chi connectivity index (χ3v) is 6.18. The molecule has 0 saturated carbocycles. The van der Waals surface area contributed by atoms with Crippen LogP contribution >= 0.6 is 23.5 Å². The number of rotatable bonds is 3. The molecular formula is C16H16N2OS2. The Kier molecular flexibility index (Phi) is 4.83. The molecule has 0 unspecified atom stereocenters. The summed E-state index contributed by atoms with van der Waals surface area (Å²) in [6.07, 6.45) is 4.52. The Hall–Kier alpha value is -1.46. The van der Waals surface area contributed by atoms with Gasteiger partial charge in [-0.15, -0.1) is 23.5 Å². The average molecular weight is 316 g/mol. The van der Waals surface area contributed by atoms with Crippen molar-refractivity contribution in [1.82, 2.24) is 4.98 Å². The van der Waals surface area contributed by atoms with Gasteiger partial charge in [0.25, 0.3) is 5.91 Å². The van der Waals surface area contributed by atoms with Crippen molar-refractivity contribution < 1.29 is 4.79 Å². The van der Waals surface area contributed by atoms with Crippen LogP contribution < -0.4 is 5.32 Å². The van der Waals surface area contributed by atoms with Crippen molar-refractivity contribution in [3.63, 3.8) is 0 Å². The third kappa shape index (κ3) is 3.80. The molecule has 0 radical (unpaired) electrons. The Labute approximate surface area is 132 Å². The van der Waals surface area contributed by atoms with Crippen LogP contribution in [0.1, 0.15) is 26.9 Å². The van der Waals surface area contributed by atoms with Gasteiger partial charge < -0.3 is 5.32 Å². The summed E-state index contributed by atoms with van der Waals surface area (Å²) in [5.41, 5.74) is 2.69. The average Bonchev–Trinajstić information content (AvgIpc) is 2.57. The zero-order chi connectivity index (χ0) is 14.5. The molecule has 1 fully saturated rings. The molecule has 2 aromatic rings. The van der Waals surface area contributed by atoms with Crippen LogP contribution in [0.5, 0.6) is 0 Å². The standard InChI is InChI=1S/C16H16N2OS2/c19-15(13-5-2-7-17-11-13)18-14-6-1-4-12(10-14)16-20-8-3-9-21-16/h1-2,4-7,10-11,16H,3,8-9H2,(H,18,19). The number of nitrogens with one attached hydrogen (secondary N) is 1. The normalized spacial score (nSPS) is 15.6. The molecule has 0 spiro atoms. The number of aromatic nitrogens is 1. The molecule has 1 aliphatic heterocycles. The number of anilines is 1. The van der Waals surface area contributed by atoms with Crippen LogP contribution in [-0.2, 0) is 0 Å². The summed E-state index contributed by atoms with van der Waals surface area (Å²) in [5, 5.41) is 2.94. The maximum atomic E-state index is 12.1. The maximum Gasteiger partial charge on any atom is 0.257 e. The molecular weight excluding hydrogens is 300 g/mol. The van der Waals surface area contributed by atoms with Crippen molar-refractivity contribution in [2.45, 2.75) is 11.0 Å². The number of pyridine rings is 1. The van der Waals surface area contributed by atoms with Gasteiger partial charge >= 0.3 is 0 Å². The van der Waals surface area contributed by atoms with Crippen molar-refractivity contribution in [3.8, 4) is 0 Å². The largest absolute Gasteiger partial charge is 0.322 e. The van der Waals surface area contributed by atoms with Crippen LogP contribution in [0, 0.1) is 0 Å². The van der Waals surface area contributed by atoms with E-state index in [0.717, 1.165) is 5.69 Å². The van der Waals surface area contributed by atoms with Gasteiger partial charge in [-0.3, -0.25) is 9.78 Å². The van der Waals surface area contributed by atoms with Gasteiger partial charge in [0.05, 0.1) is 10.1 Å². The fraction of sp³-hybridized carbons (Fsp3) is 0.250. The predicted molar refractivity (Wildman–Crippen MR) is 90.9 cm³/mol. The van der Waals surface area contributed by atoms with E-state index in [0.29, 0.717) is 10.1 Å². The molecule has 1 aromatic heterocycles. The van der Waals surface area contributed by atoms with Crippen LogP contribution in [0.3, 0.4) is 0 Å². The van der Waals surface area contributed by atoms with E-state index in [2.05, 4.69) is 22.4 Å². The molecule has 3 nitrogen and oxygen atoms in total. The highest BCUT2D eigenvalue weighted by Crippen LogP contribution is 2.44. The van der Waals surface area contributed by atoms with Gasteiger partial charge in [-0.25, -0.2) is 0 Å². The minimum Gasteiger partial charge on any atom is -0.322 e. The molecule has 21 heavy (non-hydrogen) atoms. The summed E-state index contributed by atoms with van der Waals surface area (Å²) in [4.78, 5) is 16.1. The fourth-order valence-corrected chi connectivity index (χ4v) is 5.02. The van der Waals surface area contributed by atoms with Gasteiger partial charge in [0.15, 0.2) is 0 Å². The van der Waals surface area contributed by atoms with Gasteiger partial charge in [-0.1, -0.05) is 12.1 Å². The molecule has 1 N–H and O–H groups in total. The third-order valence-electron chi connectivity index (χ3n) is 3.17. The minimum atomic E-state index is -0.121. The minimum absolute atomic E-state index is 0.121. The summed E-state index contributed by atoms with van der Waals surface area (Å²) in [5.74, 6) is 2.30. The van der Waals surface area contributed by atoms with Gasteiger partial charge in [0.2, 0.25) is 0 Å². The molecule has 0 aliphatic carbocycles. The first-order valence-corrected chi connectivity index (χ1v) is 8.97. The molecule has 1 aromatic carbocycles. The lowest BCUT2D eigenvalue weighted by molar-refractivity contribution is 0.102. The number of benzene rings is 1. The smallest absolute Gasteiger partial charge is 0.257 e. The number of thioether (sulfide) groups is 2. The first kappa shape index (κ1) is 14.5. The van der Waals surface area contributed by atoms with Crippen LogP contribution in [0.4, 0.5) is 5.69 Å². The van der Waals surface area contributed by atoms with Crippen molar-refractivity contribution in [2.24, 2.45) is 0 Å². The summed E-state index contributed by atoms with van der Waals surface area (Å²) >= 11 is 3.96. The summed E-state index contributed by atoms with van der Waals surface area (Å²) in [6, 6.07) is 11.7. The Morgan fingerprint density at radius 3 is 2.81 bits per heavy atom. The Morgan fingerprint density at radius 2 is 2.05 bits per heavy atom.